The molecule has 3 rings (SSSR count). The number of hydrogen-bond donors (Lipinski definition) is 0. The van der Waals surface area contributed by atoms with Crippen LogP contribution in [0, 0.1) is 0 Å². The van der Waals surface area contributed by atoms with Crippen LogP contribution in [0.15, 0.2) is 33.8 Å². The predicted molar refractivity (Wildman–Crippen MR) is 79.0 cm³/mol. The van der Waals surface area contributed by atoms with Crippen LogP contribution in [0.3, 0.4) is 0 Å². The van der Waals surface area contributed by atoms with Gasteiger partial charge in [0, 0.05) is 30.7 Å². The zero-order valence-electron chi connectivity index (χ0n) is 10.5. The average molecular weight is 354 g/mol. The number of rotatable bonds is 3. The minimum Gasteiger partial charge on any atom is -0.487 e. The molecule has 1 amide bonds. The second-order valence-electron chi connectivity index (χ2n) is 4.46. The molecular weight excluding hydrogens is 342 g/mol. The van der Waals surface area contributed by atoms with Gasteiger partial charge in [0.15, 0.2) is 0 Å². The van der Waals surface area contributed by atoms with Crippen molar-refractivity contribution in [3.63, 3.8) is 0 Å². The van der Waals surface area contributed by atoms with E-state index in [4.69, 9.17) is 4.74 Å². The molecule has 104 valence electrons. The summed E-state index contributed by atoms with van der Waals surface area (Å²) < 4.78 is 6.73. The first-order chi connectivity index (χ1) is 9.74. The van der Waals surface area contributed by atoms with Gasteiger partial charge in [-0.25, -0.2) is 4.98 Å². The molecule has 0 bridgehead atoms. The summed E-state index contributed by atoms with van der Waals surface area (Å²) in [6.07, 6.45) is 4.22. The number of thiazole rings is 1. The summed E-state index contributed by atoms with van der Waals surface area (Å²) in [7, 11) is 0. The summed E-state index contributed by atoms with van der Waals surface area (Å²) in [5.41, 5.74) is 2.19. The van der Waals surface area contributed by atoms with E-state index in [1.54, 1.807) is 28.2 Å². The minimum atomic E-state index is -0.0221. The molecule has 0 saturated carbocycles. The molecule has 0 radical (unpaired) electrons. The Morgan fingerprint density at radius 2 is 2.45 bits per heavy atom. The van der Waals surface area contributed by atoms with Crippen molar-refractivity contribution >= 4 is 33.2 Å². The van der Waals surface area contributed by atoms with E-state index in [1.807, 2.05) is 6.07 Å². The molecule has 0 aliphatic carbocycles. The molecule has 7 heteroatoms. The Balaban J connectivity index is 1.63. The van der Waals surface area contributed by atoms with Gasteiger partial charge in [-0.05, 0) is 22.0 Å². The Morgan fingerprint density at radius 1 is 1.55 bits per heavy atom. The van der Waals surface area contributed by atoms with Crippen LogP contribution in [0.2, 0.25) is 0 Å². The Labute approximate surface area is 128 Å². The Kier molecular flexibility index (Phi) is 3.98. The predicted octanol–water partition coefficient (Wildman–Crippen LogP) is 2.59. The summed E-state index contributed by atoms with van der Waals surface area (Å²) in [6, 6.07) is 1.81. The molecule has 0 aromatic carbocycles. The van der Waals surface area contributed by atoms with Crippen molar-refractivity contribution in [2.24, 2.45) is 0 Å². The van der Waals surface area contributed by atoms with Crippen LogP contribution in [0.25, 0.3) is 0 Å². The number of pyridine rings is 1. The molecule has 1 saturated heterocycles. The molecule has 20 heavy (non-hydrogen) atoms. The standard InChI is InChI=1S/C13H12BrN3O2S/c14-10-5-15-3-1-12(10)19-9-2-4-17(6-9)13(18)11-7-20-8-16-11/h1,3,5,7-9H,2,4,6H2. The third-order valence-corrected chi connectivity index (χ3v) is 4.29. The van der Waals surface area contributed by atoms with E-state index in [9.17, 15) is 4.79 Å². The Bertz CT molecular complexity index is 605. The number of hydrogen-bond acceptors (Lipinski definition) is 5. The fourth-order valence-electron chi connectivity index (χ4n) is 2.13. The smallest absolute Gasteiger partial charge is 0.273 e. The monoisotopic (exact) mass is 353 g/mol. The van der Waals surface area contributed by atoms with Crippen LogP contribution in [0.4, 0.5) is 0 Å². The van der Waals surface area contributed by atoms with Crippen LogP contribution in [0.5, 0.6) is 5.75 Å². The summed E-state index contributed by atoms with van der Waals surface area (Å²) in [5, 5.41) is 1.77. The molecule has 1 fully saturated rings. The van der Waals surface area contributed by atoms with Gasteiger partial charge in [0.05, 0.1) is 16.5 Å². The van der Waals surface area contributed by atoms with Crippen LogP contribution >= 0.6 is 27.3 Å². The Morgan fingerprint density at radius 3 is 3.20 bits per heavy atom. The first-order valence-corrected chi connectivity index (χ1v) is 7.91. The Hall–Kier alpha value is -1.47. The molecule has 1 aliphatic rings. The van der Waals surface area contributed by atoms with Crippen LogP contribution < -0.4 is 4.74 Å². The van der Waals surface area contributed by atoms with Crippen molar-refractivity contribution < 1.29 is 9.53 Å². The molecule has 5 nitrogen and oxygen atoms in total. The lowest BCUT2D eigenvalue weighted by molar-refractivity contribution is 0.0767. The first-order valence-electron chi connectivity index (χ1n) is 6.17. The largest absolute Gasteiger partial charge is 0.487 e. The topological polar surface area (TPSA) is 55.3 Å². The van der Waals surface area contributed by atoms with Gasteiger partial charge in [0.1, 0.15) is 17.5 Å². The van der Waals surface area contributed by atoms with E-state index in [0.717, 1.165) is 16.6 Å². The summed E-state index contributed by atoms with van der Waals surface area (Å²) in [5.74, 6) is 0.735. The van der Waals surface area contributed by atoms with Crippen molar-refractivity contribution in [3.8, 4) is 5.75 Å². The number of nitrogens with zero attached hydrogens (tertiary/aromatic N) is 3. The SMILES string of the molecule is O=C(c1cscn1)N1CCC(Oc2ccncc2Br)C1. The highest BCUT2D eigenvalue weighted by molar-refractivity contribution is 9.10. The van der Waals surface area contributed by atoms with Gasteiger partial charge >= 0.3 is 0 Å². The maximum atomic E-state index is 12.2. The lowest BCUT2D eigenvalue weighted by Crippen LogP contribution is -2.31. The normalized spacial score (nSPS) is 18.2. The highest BCUT2D eigenvalue weighted by Crippen LogP contribution is 2.26. The number of ether oxygens (including phenoxy) is 1. The highest BCUT2D eigenvalue weighted by Gasteiger charge is 2.29. The van der Waals surface area contributed by atoms with Gasteiger partial charge in [-0.3, -0.25) is 9.78 Å². The zero-order valence-corrected chi connectivity index (χ0v) is 12.9. The van der Waals surface area contributed by atoms with Crippen molar-refractivity contribution in [3.05, 3.63) is 39.5 Å². The van der Waals surface area contributed by atoms with Crippen molar-refractivity contribution in [1.82, 2.24) is 14.9 Å². The van der Waals surface area contributed by atoms with Gasteiger partial charge in [-0.2, -0.15) is 0 Å². The molecule has 0 N–H and O–H groups in total. The lowest BCUT2D eigenvalue weighted by atomic mass is 10.3. The lowest BCUT2D eigenvalue weighted by Gasteiger charge is -2.16. The van der Waals surface area contributed by atoms with E-state index in [0.29, 0.717) is 18.8 Å². The average Bonchev–Trinajstić information content (AvgIpc) is 3.12. The highest BCUT2D eigenvalue weighted by atomic mass is 79.9. The van der Waals surface area contributed by atoms with Gasteiger partial charge in [0.2, 0.25) is 0 Å². The quantitative estimate of drug-likeness (QED) is 0.850. The fourth-order valence-corrected chi connectivity index (χ4v) is 3.00. The maximum Gasteiger partial charge on any atom is 0.273 e. The second-order valence-corrected chi connectivity index (χ2v) is 6.03. The summed E-state index contributed by atoms with van der Waals surface area (Å²) in [4.78, 5) is 22.0. The van der Waals surface area contributed by atoms with E-state index < -0.39 is 0 Å². The molecule has 1 atom stereocenters. The number of aromatic nitrogens is 2. The van der Waals surface area contributed by atoms with Gasteiger partial charge in [0.25, 0.3) is 5.91 Å². The molecule has 2 aromatic rings. The number of halogens is 1. The van der Waals surface area contributed by atoms with Gasteiger partial charge < -0.3 is 9.64 Å². The van der Waals surface area contributed by atoms with Crippen LogP contribution in [-0.2, 0) is 0 Å². The third-order valence-electron chi connectivity index (χ3n) is 3.11. The molecule has 2 aromatic heterocycles. The van der Waals surface area contributed by atoms with Gasteiger partial charge in [-0.1, -0.05) is 0 Å². The van der Waals surface area contributed by atoms with Crippen LogP contribution in [-0.4, -0.2) is 40.0 Å². The summed E-state index contributed by atoms with van der Waals surface area (Å²) in [6.45, 7) is 1.29. The van der Waals surface area contributed by atoms with E-state index in [2.05, 4.69) is 25.9 Å². The van der Waals surface area contributed by atoms with E-state index in [-0.39, 0.29) is 12.0 Å². The fraction of sp³-hybridized carbons (Fsp3) is 0.308. The molecule has 1 unspecified atom stereocenters. The maximum absolute atomic E-state index is 12.2. The third kappa shape index (κ3) is 2.83. The number of likely N-dealkylation sites (tertiary alicyclic amines) is 1. The molecule has 3 heterocycles. The van der Waals surface area contributed by atoms with Crippen LogP contribution in [0.1, 0.15) is 16.9 Å². The van der Waals surface area contributed by atoms with Crippen molar-refractivity contribution in [1.29, 1.82) is 0 Å². The second kappa shape index (κ2) is 5.88. The van der Waals surface area contributed by atoms with Crippen molar-refractivity contribution in [2.75, 3.05) is 13.1 Å². The molecule has 1 aliphatic heterocycles. The van der Waals surface area contributed by atoms with E-state index >= 15 is 0 Å². The minimum absolute atomic E-state index is 0.0104. The number of amides is 1. The summed E-state index contributed by atoms with van der Waals surface area (Å²) >= 11 is 4.83. The van der Waals surface area contributed by atoms with Crippen molar-refractivity contribution in [2.45, 2.75) is 12.5 Å². The number of carbonyl (C=O) groups is 1. The zero-order chi connectivity index (χ0) is 13.9. The van der Waals surface area contributed by atoms with E-state index in [1.165, 1.54) is 11.3 Å². The van der Waals surface area contributed by atoms with Gasteiger partial charge in [-0.15, -0.1) is 11.3 Å². The first kappa shape index (κ1) is 13.5. The number of carbonyl (C=O) groups excluding carboxylic acids is 1. The molecule has 0 spiro atoms. The molecular formula is C13H12BrN3O2S.